The molecule has 0 spiro atoms. The number of Topliss-reactive ketones (excluding diaryl/α,β-unsaturated/α-hetero) is 1. The highest BCUT2D eigenvalue weighted by atomic mass is 32.1. The third-order valence-electron chi connectivity index (χ3n) is 6.30. The lowest BCUT2D eigenvalue weighted by atomic mass is 9.94. The number of ketones is 1. The first-order valence-electron chi connectivity index (χ1n) is 11.5. The molecule has 0 saturated carbocycles. The van der Waals surface area contributed by atoms with Crippen LogP contribution in [-0.2, 0) is 4.79 Å². The summed E-state index contributed by atoms with van der Waals surface area (Å²) in [6, 6.07) is 4.43. The van der Waals surface area contributed by atoms with Crippen LogP contribution in [0.3, 0.4) is 0 Å². The van der Waals surface area contributed by atoms with Gasteiger partial charge in [-0.15, -0.1) is 11.3 Å². The largest absolute Gasteiger partial charge is 0.868 e. The molecule has 0 fully saturated rings. The van der Waals surface area contributed by atoms with Crippen LogP contribution < -0.4 is 19.5 Å². The van der Waals surface area contributed by atoms with E-state index in [0.29, 0.717) is 40.6 Å². The third kappa shape index (κ3) is 4.81. The Bertz CT molecular complexity index is 1090. The van der Waals surface area contributed by atoms with E-state index >= 15 is 0 Å². The number of hydrogen-bond acceptors (Lipinski definition) is 7. The van der Waals surface area contributed by atoms with Gasteiger partial charge in [0.2, 0.25) is 11.7 Å². The molecule has 1 unspecified atom stereocenters. The SMILES string of the molecule is CC[NH+](CC)CCCN1C(=O)C([O-])=C(C(=O)c2sc(C)nc2C)C1c1cccc(OC)c1OC. The first-order valence-corrected chi connectivity index (χ1v) is 12.4. The fourth-order valence-electron chi connectivity index (χ4n) is 4.52. The van der Waals surface area contributed by atoms with Gasteiger partial charge in [0.15, 0.2) is 11.5 Å². The van der Waals surface area contributed by atoms with Crippen LogP contribution in [0.1, 0.15) is 52.2 Å². The van der Waals surface area contributed by atoms with Crippen molar-refractivity contribution in [1.82, 2.24) is 9.88 Å². The maximum Gasteiger partial charge on any atom is 0.239 e. The lowest BCUT2D eigenvalue weighted by Crippen LogP contribution is -3.11. The predicted molar refractivity (Wildman–Crippen MR) is 128 cm³/mol. The summed E-state index contributed by atoms with van der Waals surface area (Å²) in [5.41, 5.74) is 1.05. The maximum absolute atomic E-state index is 13.7. The van der Waals surface area contributed by atoms with Crippen molar-refractivity contribution in [2.45, 2.75) is 40.2 Å². The molecule has 9 heteroatoms. The number of nitrogens with one attached hydrogen (secondary N) is 1. The highest BCUT2D eigenvalue weighted by molar-refractivity contribution is 7.14. The quantitative estimate of drug-likeness (QED) is 0.483. The van der Waals surface area contributed by atoms with E-state index in [9.17, 15) is 14.7 Å². The van der Waals surface area contributed by atoms with Crippen molar-refractivity contribution in [3.8, 4) is 11.5 Å². The smallest absolute Gasteiger partial charge is 0.239 e. The van der Waals surface area contributed by atoms with Crippen LogP contribution in [0, 0.1) is 13.8 Å². The van der Waals surface area contributed by atoms with Gasteiger partial charge in [-0.25, -0.2) is 4.98 Å². The molecule has 8 nitrogen and oxygen atoms in total. The normalized spacial score (nSPS) is 16.0. The molecule has 1 amide bonds. The molecular weight excluding hydrogens is 454 g/mol. The predicted octanol–water partition coefficient (Wildman–Crippen LogP) is 1.47. The molecule has 1 aromatic carbocycles. The van der Waals surface area contributed by atoms with Crippen LogP contribution in [0.15, 0.2) is 29.5 Å². The third-order valence-corrected chi connectivity index (χ3v) is 7.37. The molecule has 0 radical (unpaired) electrons. The van der Waals surface area contributed by atoms with E-state index in [0.717, 1.165) is 24.6 Å². The Balaban J connectivity index is 2.09. The van der Waals surface area contributed by atoms with Gasteiger partial charge in [-0.1, -0.05) is 12.1 Å². The summed E-state index contributed by atoms with van der Waals surface area (Å²) in [5, 5.41) is 14.0. The molecule has 0 aliphatic carbocycles. The topological polar surface area (TPSA) is 96.2 Å². The highest BCUT2D eigenvalue weighted by Gasteiger charge is 2.42. The van der Waals surface area contributed by atoms with Crippen LogP contribution in [-0.4, -0.2) is 62.0 Å². The molecule has 2 aromatic rings. The lowest BCUT2D eigenvalue weighted by molar-refractivity contribution is -0.896. The molecule has 1 aliphatic heterocycles. The first-order chi connectivity index (χ1) is 16.3. The van der Waals surface area contributed by atoms with Gasteiger partial charge in [0.25, 0.3) is 0 Å². The van der Waals surface area contributed by atoms with Crippen molar-refractivity contribution in [3.05, 3.63) is 50.7 Å². The van der Waals surface area contributed by atoms with E-state index in [4.69, 9.17) is 9.47 Å². The van der Waals surface area contributed by atoms with Crippen molar-refractivity contribution in [3.63, 3.8) is 0 Å². The number of aryl methyl sites for hydroxylation is 2. The second kappa shape index (κ2) is 11.0. The molecule has 1 aromatic heterocycles. The molecular formula is C25H33N3O5S. The van der Waals surface area contributed by atoms with Gasteiger partial charge in [0.05, 0.1) is 55.5 Å². The number of hydrogen-bond donors (Lipinski definition) is 1. The Morgan fingerprint density at radius 1 is 1.21 bits per heavy atom. The van der Waals surface area contributed by atoms with E-state index in [1.165, 1.54) is 35.4 Å². The number of nitrogens with zero attached hydrogens (tertiary/aromatic N) is 2. The summed E-state index contributed by atoms with van der Waals surface area (Å²) < 4.78 is 11.1. The van der Waals surface area contributed by atoms with Crippen LogP contribution >= 0.6 is 11.3 Å². The van der Waals surface area contributed by atoms with Gasteiger partial charge in [0.1, 0.15) is 0 Å². The zero-order valence-electron chi connectivity index (χ0n) is 20.7. The van der Waals surface area contributed by atoms with E-state index in [-0.39, 0.29) is 5.57 Å². The Kier molecular flexibility index (Phi) is 8.33. The molecule has 34 heavy (non-hydrogen) atoms. The molecule has 2 heterocycles. The summed E-state index contributed by atoms with van der Waals surface area (Å²) in [6.07, 6.45) is 0.707. The number of thiazole rings is 1. The minimum atomic E-state index is -0.856. The maximum atomic E-state index is 13.7. The number of amides is 1. The van der Waals surface area contributed by atoms with Crippen molar-refractivity contribution in [1.29, 1.82) is 0 Å². The van der Waals surface area contributed by atoms with Crippen molar-refractivity contribution in [2.75, 3.05) is 40.4 Å². The number of carbonyl (C=O) groups excluding carboxylic acids is 2. The molecule has 1 atom stereocenters. The average molecular weight is 488 g/mol. The highest BCUT2D eigenvalue weighted by Crippen LogP contribution is 2.45. The molecule has 3 rings (SSSR count). The zero-order chi connectivity index (χ0) is 25.0. The fraction of sp³-hybridized carbons (Fsp3) is 0.480. The fourth-order valence-corrected chi connectivity index (χ4v) is 5.39. The van der Waals surface area contributed by atoms with Gasteiger partial charge < -0.3 is 24.4 Å². The monoisotopic (exact) mass is 487 g/mol. The Morgan fingerprint density at radius 2 is 1.91 bits per heavy atom. The number of rotatable bonds is 11. The van der Waals surface area contributed by atoms with Gasteiger partial charge in [0, 0.05) is 24.1 Å². The first kappa shape index (κ1) is 25.7. The number of para-hydroxylation sites is 1. The van der Waals surface area contributed by atoms with Gasteiger partial charge >= 0.3 is 0 Å². The number of quaternary nitrogens is 1. The summed E-state index contributed by atoms with van der Waals surface area (Å²) >= 11 is 1.23. The van der Waals surface area contributed by atoms with Crippen LogP contribution in [0.5, 0.6) is 11.5 Å². The number of ether oxygens (including phenoxy) is 2. The van der Waals surface area contributed by atoms with Crippen LogP contribution in [0.2, 0.25) is 0 Å². The summed E-state index contributed by atoms with van der Waals surface area (Å²) in [6.45, 7) is 11.0. The average Bonchev–Trinajstić information content (AvgIpc) is 3.30. The molecule has 0 saturated heterocycles. The Hall–Kier alpha value is -2.91. The number of methoxy groups -OCH3 is 2. The molecule has 184 valence electrons. The molecule has 0 bridgehead atoms. The Morgan fingerprint density at radius 3 is 2.47 bits per heavy atom. The van der Waals surface area contributed by atoms with Crippen LogP contribution in [0.25, 0.3) is 0 Å². The van der Waals surface area contributed by atoms with Gasteiger partial charge in [-0.3, -0.25) is 9.59 Å². The summed E-state index contributed by atoms with van der Waals surface area (Å²) in [4.78, 5) is 34.5. The van der Waals surface area contributed by atoms with Gasteiger partial charge in [-0.2, -0.15) is 0 Å². The van der Waals surface area contributed by atoms with Crippen molar-refractivity contribution in [2.24, 2.45) is 0 Å². The van der Waals surface area contributed by atoms with Crippen molar-refractivity contribution >= 4 is 23.0 Å². The number of aromatic nitrogens is 1. The number of benzene rings is 1. The van der Waals surface area contributed by atoms with E-state index in [1.54, 1.807) is 25.1 Å². The minimum Gasteiger partial charge on any atom is -0.868 e. The van der Waals surface area contributed by atoms with E-state index in [1.807, 2.05) is 6.92 Å². The molecule has 1 N–H and O–H groups in total. The lowest BCUT2D eigenvalue weighted by Gasteiger charge is -2.29. The standard InChI is InChI=1S/C25H33N3O5S/c1-7-27(8-2)13-10-14-28-20(17-11-9-12-18(32-5)23(17)33-6)19(22(30)25(28)31)21(29)24-15(3)26-16(4)34-24/h9,11-12,20,30H,7-8,10,13-14H2,1-6H3. The van der Waals surface area contributed by atoms with E-state index in [2.05, 4.69) is 18.8 Å². The van der Waals surface area contributed by atoms with E-state index < -0.39 is 23.5 Å². The number of carbonyl (C=O) groups is 2. The molecule has 1 aliphatic rings. The van der Waals surface area contributed by atoms with Gasteiger partial charge in [-0.05, 0) is 39.5 Å². The minimum absolute atomic E-state index is 0.0570. The van der Waals surface area contributed by atoms with Crippen LogP contribution in [0.4, 0.5) is 0 Å². The second-order valence-electron chi connectivity index (χ2n) is 8.26. The summed E-state index contributed by atoms with van der Waals surface area (Å²) in [5.74, 6) is -1.00. The second-order valence-corrected chi connectivity index (χ2v) is 9.47. The van der Waals surface area contributed by atoms with Crippen molar-refractivity contribution < 1.29 is 29.1 Å². The Labute approximate surface area is 204 Å². The summed E-state index contributed by atoms with van der Waals surface area (Å²) in [7, 11) is 3.03. The zero-order valence-corrected chi connectivity index (χ0v) is 21.5.